The first-order chi connectivity index (χ1) is 9.58. The summed E-state index contributed by atoms with van der Waals surface area (Å²) in [7, 11) is 0. The van der Waals surface area contributed by atoms with Gasteiger partial charge in [-0.3, -0.25) is 19.7 Å². The molecule has 110 valence electrons. The van der Waals surface area contributed by atoms with Gasteiger partial charge in [-0.1, -0.05) is 0 Å². The molecule has 0 aromatic carbocycles. The molecule has 0 saturated carbocycles. The molecular formula is C12H17FN4O3. The molecule has 2 fully saturated rings. The van der Waals surface area contributed by atoms with Crippen molar-refractivity contribution in [3.05, 3.63) is 22.0 Å². The number of nitro groups is 1. The van der Waals surface area contributed by atoms with Crippen LogP contribution >= 0.6 is 0 Å². The van der Waals surface area contributed by atoms with Gasteiger partial charge in [0, 0.05) is 13.1 Å². The molecule has 7 nitrogen and oxygen atoms in total. The number of piperidine rings is 1. The lowest BCUT2D eigenvalue weighted by Gasteiger charge is -2.42. The number of hydrogen-bond acceptors (Lipinski definition) is 5. The Balaban J connectivity index is 1.73. The van der Waals surface area contributed by atoms with Crippen molar-refractivity contribution in [1.82, 2.24) is 14.7 Å². The van der Waals surface area contributed by atoms with E-state index in [1.54, 1.807) is 6.92 Å². The molecule has 0 N–H and O–H groups in total. The van der Waals surface area contributed by atoms with E-state index in [2.05, 4.69) is 10.00 Å². The van der Waals surface area contributed by atoms with Crippen LogP contribution in [-0.2, 0) is 4.74 Å². The molecular weight excluding hydrogens is 267 g/mol. The maximum absolute atomic E-state index is 14.4. The van der Waals surface area contributed by atoms with Crippen molar-refractivity contribution in [1.29, 1.82) is 0 Å². The van der Waals surface area contributed by atoms with Gasteiger partial charge >= 0.3 is 5.69 Å². The van der Waals surface area contributed by atoms with Gasteiger partial charge in [0.2, 0.25) is 0 Å². The predicted molar refractivity (Wildman–Crippen MR) is 68.3 cm³/mol. The second kappa shape index (κ2) is 5.10. The lowest BCUT2D eigenvalue weighted by atomic mass is 10.0. The quantitative estimate of drug-likeness (QED) is 0.613. The van der Waals surface area contributed by atoms with E-state index in [0.29, 0.717) is 37.9 Å². The fourth-order valence-electron chi connectivity index (χ4n) is 2.89. The van der Waals surface area contributed by atoms with E-state index in [4.69, 9.17) is 4.74 Å². The van der Waals surface area contributed by atoms with Crippen LogP contribution in [0.25, 0.3) is 0 Å². The van der Waals surface area contributed by atoms with Gasteiger partial charge in [-0.2, -0.15) is 5.10 Å². The molecule has 0 aliphatic carbocycles. The molecule has 8 heteroatoms. The molecule has 2 unspecified atom stereocenters. The number of hydrogen-bond donors (Lipinski definition) is 0. The number of alkyl halides is 1. The normalized spacial score (nSPS) is 28.3. The minimum absolute atomic E-state index is 0.0491. The molecule has 3 heterocycles. The summed E-state index contributed by atoms with van der Waals surface area (Å²) in [4.78, 5) is 12.4. The summed E-state index contributed by atoms with van der Waals surface area (Å²) in [6, 6.07) is -0.0943. The van der Waals surface area contributed by atoms with E-state index in [1.807, 2.05) is 0 Å². The monoisotopic (exact) mass is 284 g/mol. The molecule has 3 rings (SSSR count). The smallest absolute Gasteiger partial charge is 0.309 e. The molecule has 0 bridgehead atoms. The van der Waals surface area contributed by atoms with E-state index < -0.39 is 17.1 Å². The Bertz CT molecular complexity index is 517. The van der Waals surface area contributed by atoms with Crippen LogP contribution in [0, 0.1) is 17.0 Å². The van der Waals surface area contributed by atoms with Crippen LogP contribution < -0.4 is 0 Å². The molecule has 2 saturated heterocycles. The second-order valence-corrected chi connectivity index (χ2v) is 5.38. The van der Waals surface area contributed by atoms with E-state index in [9.17, 15) is 14.5 Å². The fraction of sp³-hybridized carbons (Fsp3) is 0.750. The third kappa shape index (κ3) is 2.18. The SMILES string of the molecule is Cc1c([N+](=O)[O-])cnn1C1CCN(C2COC2)CC1F. The van der Waals surface area contributed by atoms with Crippen LogP contribution in [0.5, 0.6) is 0 Å². The minimum atomic E-state index is -1.07. The summed E-state index contributed by atoms with van der Waals surface area (Å²) in [5, 5.41) is 14.8. The maximum Gasteiger partial charge on any atom is 0.309 e. The van der Waals surface area contributed by atoms with Crippen molar-refractivity contribution in [3.63, 3.8) is 0 Å². The summed E-state index contributed by atoms with van der Waals surface area (Å²) in [6.45, 7) is 4.06. The summed E-state index contributed by atoms with van der Waals surface area (Å²) in [5.41, 5.74) is 0.370. The van der Waals surface area contributed by atoms with Crippen LogP contribution in [-0.4, -0.2) is 58.1 Å². The van der Waals surface area contributed by atoms with Crippen molar-refractivity contribution in [2.24, 2.45) is 0 Å². The van der Waals surface area contributed by atoms with E-state index >= 15 is 0 Å². The van der Waals surface area contributed by atoms with Crippen LogP contribution in [0.3, 0.4) is 0 Å². The van der Waals surface area contributed by atoms with E-state index in [-0.39, 0.29) is 5.69 Å². The summed E-state index contributed by atoms with van der Waals surface area (Å²) in [6.07, 6.45) is 0.744. The number of likely N-dealkylation sites (tertiary alicyclic amines) is 1. The Morgan fingerprint density at radius 1 is 1.55 bits per heavy atom. The Labute approximate surface area is 115 Å². The second-order valence-electron chi connectivity index (χ2n) is 5.38. The molecule has 20 heavy (non-hydrogen) atoms. The number of nitrogens with zero attached hydrogens (tertiary/aromatic N) is 4. The van der Waals surface area contributed by atoms with Crippen molar-refractivity contribution in [2.45, 2.75) is 31.6 Å². The van der Waals surface area contributed by atoms with Crippen LogP contribution in [0.4, 0.5) is 10.1 Å². The van der Waals surface area contributed by atoms with Crippen LogP contribution in [0.1, 0.15) is 18.2 Å². The van der Waals surface area contributed by atoms with E-state index in [0.717, 1.165) is 6.54 Å². The van der Waals surface area contributed by atoms with Gasteiger partial charge in [0.25, 0.3) is 0 Å². The standard InChI is InChI=1S/C12H17FN4O3/c1-8-12(17(18)19)4-14-16(8)11-2-3-15(5-10(11)13)9-6-20-7-9/h4,9-11H,2-3,5-7H2,1H3. The van der Waals surface area contributed by atoms with Gasteiger partial charge in [-0.25, -0.2) is 4.39 Å². The first kappa shape index (κ1) is 13.4. The minimum Gasteiger partial charge on any atom is -0.378 e. The highest BCUT2D eigenvalue weighted by Gasteiger charge is 2.37. The third-order valence-electron chi connectivity index (χ3n) is 4.20. The number of halogens is 1. The van der Waals surface area contributed by atoms with Gasteiger partial charge in [0.05, 0.1) is 30.2 Å². The molecule has 2 atom stereocenters. The molecule has 0 radical (unpaired) electrons. The molecule has 2 aliphatic heterocycles. The van der Waals surface area contributed by atoms with Gasteiger partial charge < -0.3 is 4.74 Å². The average molecular weight is 284 g/mol. The zero-order valence-electron chi connectivity index (χ0n) is 11.2. The molecule has 1 aromatic heterocycles. The lowest BCUT2D eigenvalue weighted by molar-refractivity contribution is -0.385. The topological polar surface area (TPSA) is 73.4 Å². The zero-order chi connectivity index (χ0) is 14.3. The van der Waals surface area contributed by atoms with Crippen LogP contribution in [0.2, 0.25) is 0 Å². The number of rotatable bonds is 3. The van der Waals surface area contributed by atoms with Gasteiger partial charge in [-0.15, -0.1) is 0 Å². The summed E-state index contributed by atoms with van der Waals surface area (Å²) >= 11 is 0. The zero-order valence-corrected chi connectivity index (χ0v) is 11.2. The van der Waals surface area contributed by atoms with Crippen molar-refractivity contribution < 1.29 is 14.1 Å². The fourth-order valence-corrected chi connectivity index (χ4v) is 2.89. The van der Waals surface area contributed by atoms with Gasteiger partial charge in [0.1, 0.15) is 18.1 Å². The van der Waals surface area contributed by atoms with Crippen molar-refractivity contribution >= 4 is 5.69 Å². The highest BCUT2D eigenvalue weighted by atomic mass is 19.1. The maximum atomic E-state index is 14.4. The molecule has 1 aromatic rings. The Morgan fingerprint density at radius 3 is 2.80 bits per heavy atom. The van der Waals surface area contributed by atoms with Gasteiger partial charge in [0.15, 0.2) is 0 Å². The molecule has 0 spiro atoms. The Hall–Kier alpha value is -1.54. The highest BCUT2D eigenvalue weighted by molar-refractivity contribution is 5.32. The Kier molecular flexibility index (Phi) is 3.43. The molecule has 2 aliphatic rings. The average Bonchev–Trinajstić information content (AvgIpc) is 2.69. The summed E-state index contributed by atoms with van der Waals surface area (Å²) in [5.74, 6) is 0. The highest BCUT2D eigenvalue weighted by Crippen LogP contribution is 2.30. The van der Waals surface area contributed by atoms with Crippen LogP contribution in [0.15, 0.2) is 6.20 Å². The largest absolute Gasteiger partial charge is 0.378 e. The lowest BCUT2D eigenvalue weighted by Crippen LogP contribution is -2.55. The summed E-state index contributed by atoms with van der Waals surface area (Å²) < 4.78 is 21.0. The van der Waals surface area contributed by atoms with Gasteiger partial charge in [-0.05, 0) is 13.3 Å². The van der Waals surface area contributed by atoms with Crippen molar-refractivity contribution in [2.75, 3.05) is 26.3 Å². The third-order valence-corrected chi connectivity index (χ3v) is 4.20. The van der Waals surface area contributed by atoms with Crippen molar-refractivity contribution in [3.8, 4) is 0 Å². The Morgan fingerprint density at radius 2 is 2.30 bits per heavy atom. The first-order valence-corrected chi connectivity index (χ1v) is 6.72. The number of aromatic nitrogens is 2. The first-order valence-electron chi connectivity index (χ1n) is 6.72. The molecule has 0 amide bonds. The number of ether oxygens (including phenoxy) is 1. The van der Waals surface area contributed by atoms with E-state index in [1.165, 1.54) is 10.9 Å². The predicted octanol–water partition coefficient (Wildman–Crippen LogP) is 1.08.